The molecule has 1 aliphatic rings. The normalized spacial score (nSPS) is 16.9. The van der Waals surface area contributed by atoms with Crippen molar-refractivity contribution in [2.24, 2.45) is 11.1 Å². The second kappa shape index (κ2) is 5.21. The molecule has 1 aliphatic heterocycles. The summed E-state index contributed by atoms with van der Waals surface area (Å²) < 4.78 is 5.53. The Labute approximate surface area is 114 Å². The van der Waals surface area contributed by atoms with Gasteiger partial charge in [0.1, 0.15) is 12.4 Å². The Kier molecular flexibility index (Phi) is 3.80. The number of carbonyl (C=O) groups is 1. The zero-order chi connectivity index (χ0) is 14.0. The number of rotatable bonds is 2. The van der Waals surface area contributed by atoms with E-state index in [4.69, 9.17) is 10.5 Å². The number of fused-ring (bicyclic) bond motifs is 1. The fraction of sp³-hybridized carbons (Fsp3) is 0.533. The molecule has 0 aliphatic carbocycles. The molecule has 104 valence electrons. The van der Waals surface area contributed by atoms with E-state index in [1.54, 1.807) is 0 Å². The highest BCUT2D eigenvalue weighted by molar-refractivity contribution is 5.97. The average Bonchev–Trinajstić information content (AvgIpc) is 2.49. The van der Waals surface area contributed by atoms with Gasteiger partial charge in [0, 0.05) is 6.04 Å². The quantitative estimate of drug-likeness (QED) is 0.859. The number of carbonyl (C=O) groups excluding carboxylic acids is 1. The second-order valence-electron chi connectivity index (χ2n) is 6.23. The first-order valence-electron chi connectivity index (χ1n) is 6.67. The van der Waals surface area contributed by atoms with Crippen LogP contribution in [0.1, 0.15) is 49.2 Å². The van der Waals surface area contributed by atoms with Crippen molar-refractivity contribution in [2.75, 3.05) is 13.2 Å². The van der Waals surface area contributed by atoms with Crippen LogP contribution in [-0.4, -0.2) is 19.1 Å². The summed E-state index contributed by atoms with van der Waals surface area (Å²) in [6, 6.07) is 5.58. The van der Waals surface area contributed by atoms with E-state index < -0.39 is 0 Å². The van der Waals surface area contributed by atoms with Crippen LogP contribution in [0.15, 0.2) is 18.2 Å². The topological polar surface area (TPSA) is 64.4 Å². The van der Waals surface area contributed by atoms with Gasteiger partial charge in [-0.05, 0) is 29.5 Å². The van der Waals surface area contributed by atoms with E-state index in [-0.39, 0.29) is 17.4 Å². The van der Waals surface area contributed by atoms with E-state index >= 15 is 0 Å². The molecular formula is C15H22N2O2. The van der Waals surface area contributed by atoms with Gasteiger partial charge in [0.15, 0.2) is 0 Å². The van der Waals surface area contributed by atoms with Crippen molar-refractivity contribution in [3.05, 3.63) is 29.3 Å². The third kappa shape index (κ3) is 3.47. The van der Waals surface area contributed by atoms with Gasteiger partial charge in [-0.3, -0.25) is 4.79 Å². The van der Waals surface area contributed by atoms with Gasteiger partial charge >= 0.3 is 0 Å². The second-order valence-corrected chi connectivity index (χ2v) is 6.23. The van der Waals surface area contributed by atoms with Gasteiger partial charge in [0.25, 0.3) is 5.91 Å². The summed E-state index contributed by atoms with van der Waals surface area (Å²) in [7, 11) is 0. The van der Waals surface area contributed by atoms with E-state index in [2.05, 4.69) is 26.1 Å². The van der Waals surface area contributed by atoms with E-state index in [9.17, 15) is 4.79 Å². The molecule has 1 heterocycles. The number of ether oxygens (including phenoxy) is 1. The van der Waals surface area contributed by atoms with Crippen molar-refractivity contribution < 1.29 is 9.53 Å². The van der Waals surface area contributed by atoms with Crippen LogP contribution in [-0.2, 0) is 0 Å². The number of hydrogen-bond acceptors (Lipinski definition) is 3. The highest BCUT2D eigenvalue weighted by Crippen LogP contribution is 2.30. The Balaban J connectivity index is 2.27. The van der Waals surface area contributed by atoms with Gasteiger partial charge in [0.05, 0.1) is 12.1 Å². The lowest BCUT2D eigenvalue weighted by Crippen LogP contribution is -2.24. The van der Waals surface area contributed by atoms with E-state index in [0.717, 1.165) is 12.0 Å². The van der Waals surface area contributed by atoms with Crippen LogP contribution in [0.4, 0.5) is 0 Å². The van der Waals surface area contributed by atoms with Crippen molar-refractivity contribution in [1.29, 1.82) is 0 Å². The Morgan fingerprint density at radius 2 is 2.16 bits per heavy atom. The smallest absolute Gasteiger partial charge is 0.255 e. The molecule has 4 nitrogen and oxygen atoms in total. The first-order valence-corrected chi connectivity index (χ1v) is 6.67. The van der Waals surface area contributed by atoms with Crippen LogP contribution in [0, 0.1) is 5.41 Å². The summed E-state index contributed by atoms with van der Waals surface area (Å²) in [4.78, 5) is 11.9. The molecule has 3 N–H and O–H groups in total. The van der Waals surface area contributed by atoms with Gasteiger partial charge in [-0.15, -0.1) is 0 Å². The Morgan fingerprint density at radius 3 is 2.84 bits per heavy atom. The Bertz CT molecular complexity index is 478. The molecule has 1 atom stereocenters. The molecule has 0 fully saturated rings. The largest absolute Gasteiger partial charge is 0.491 e. The fourth-order valence-electron chi connectivity index (χ4n) is 2.28. The molecule has 0 saturated carbocycles. The minimum Gasteiger partial charge on any atom is -0.491 e. The molecule has 1 amide bonds. The van der Waals surface area contributed by atoms with Crippen molar-refractivity contribution in [1.82, 2.24) is 5.32 Å². The molecule has 2 rings (SSSR count). The van der Waals surface area contributed by atoms with Gasteiger partial charge in [0.2, 0.25) is 0 Å². The molecule has 0 bridgehead atoms. The lowest BCUT2D eigenvalue weighted by molar-refractivity contribution is 0.0957. The lowest BCUT2D eigenvalue weighted by atomic mass is 9.85. The maximum Gasteiger partial charge on any atom is 0.255 e. The zero-order valence-corrected chi connectivity index (χ0v) is 11.8. The summed E-state index contributed by atoms with van der Waals surface area (Å²) in [5.74, 6) is 0.555. The van der Waals surface area contributed by atoms with Crippen LogP contribution in [0.2, 0.25) is 0 Å². The van der Waals surface area contributed by atoms with Crippen molar-refractivity contribution in [3.63, 3.8) is 0 Å². The summed E-state index contributed by atoms with van der Waals surface area (Å²) in [6.45, 7) is 7.52. The summed E-state index contributed by atoms with van der Waals surface area (Å²) in [5.41, 5.74) is 7.95. The first kappa shape index (κ1) is 13.9. The average molecular weight is 262 g/mol. The van der Waals surface area contributed by atoms with Crippen LogP contribution in [0.5, 0.6) is 5.75 Å². The summed E-state index contributed by atoms with van der Waals surface area (Å²) in [5, 5.41) is 2.81. The van der Waals surface area contributed by atoms with E-state index in [1.807, 2.05) is 18.2 Å². The minimum absolute atomic E-state index is 0.0682. The van der Waals surface area contributed by atoms with E-state index in [1.165, 1.54) is 0 Å². The van der Waals surface area contributed by atoms with Gasteiger partial charge in [-0.2, -0.15) is 0 Å². The molecule has 1 aromatic carbocycles. The number of hydrogen-bond donors (Lipinski definition) is 2. The Morgan fingerprint density at radius 1 is 1.42 bits per heavy atom. The minimum atomic E-state index is -0.0858. The molecule has 19 heavy (non-hydrogen) atoms. The standard InChI is InChI=1S/C15H22N2O2/c1-15(2,3)9-12(16)10-4-5-13-11(8-10)14(18)17-6-7-19-13/h4-5,8,12H,6-7,9,16H2,1-3H3,(H,17,18). The number of benzene rings is 1. The van der Waals surface area contributed by atoms with Gasteiger partial charge < -0.3 is 15.8 Å². The van der Waals surface area contributed by atoms with Crippen molar-refractivity contribution >= 4 is 5.91 Å². The van der Waals surface area contributed by atoms with Crippen LogP contribution in [0.3, 0.4) is 0 Å². The highest BCUT2D eigenvalue weighted by atomic mass is 16.5. The van der Waals surface area contributed by atoms with Crippen LogP contribution >= 0.6 is 0 Å². The predicted molar refractivity (Wildman–Crippen MR) is 75.3 cm³/mol. The molecule has 1 aromatic rings. The molecule has 0 radical (unpaired) electrons. The maximum atomic E-state index is 11.9. The number of nitrogens with one attached hydrogen (secondary N) is 1. The molecule has 0 aromatic heterocycles. The van der Waals surface area contributed by atoms with Crippen LogP contribution < -0.4 is 15.8 Å². The number of amides is 1. The molecule has 0 saturated heterocycles. The van der Waals surface area contributed by atoms with E-state index in [0.29, 0.717) is 24.5 Å². The highest BCUT2D eigenvalue weighted by Gasteiger charge is 2.21. The number of nitrogens with two attached hydrogens (primary N) is 1. The molecular weight excluding hydrogens is 240 g/mol. The molecule has 1 unspecified atom stereocenters. The third-order valence-corrected chi connectivity index (χ3v) is 3.15. The van der Waals surface area contributed by atoms with Crippen LogP contribution in [0.25, 0.3) is 0 Å². The van der Waals surface area contributed by atoms with Crippen molar-refractivity contribution in [3.8, 4) is 5.75 Å². The summed E-state index contributed by atoms with van der Waals surface area (Å²) >= 11 is 0. The maximum absolute atomic E-state index is 11.9. The monoisotopic (exact) mass is 262 g/mol. The predicted octanol–water partition coefficient (Wildman–Crippen LogP) is 2.24. The lowest BCUT2D eigenvalue weighted by Gasteiger charge is -2.23. The molecule has 4 heteroatoms. The fourth-order valence-corrected chi connectivity index (χ4v) is 2.28. The first-order chi connectivity index (χ1) is 8.87. The van der Waals surface area contributed by atoms with Gasteiger partial charge in [-0.1, -0.05) is 26.8 Å². The SMILES string of the molecule is CC(C)(C)CC(N)c1ccc2c(c1)C(=O)NCCO2. The third-order valence-electron chi connectivity index (χ3n) is 3.15. The Hall–Kier alpha value is -1.55. The van der Waals surface area contributed by atoms with Crippen molar-refractivity contribution in [2.45, 2.75) is 33.2 Å². The van der Waals surface area contributed by atoms with Gasteiger partial charge in [-0.25, -0.2) is 0 Å². The molecule has 0 spiro atoms. The zero-order valence-electron chi connectivity index (χ0n) is 11.8. The summed E-state index contributed by atoms with van der Waals surface area (Å²) in [6.07, 6.45) is 0.869.